The van der Waals surface area contributed by atoms with E-state index < -0.39 is 54.1 Å². The molecule has 9 heteroatoms. The van der Waals surface area contributed by atoms with Crippen molar-refractivity contribution in [2.75, 3.05) is 18.5 Å². The molecule has 0 spiro atoms. The summed E-state index contributed by atoms with van der Waals surface area (Å²) in [7, 11) is 0. The summed E-state index contributed by atoms with van der Waals surface area (Å²) >= 11 is 0. The van der Waals surface area contributed by atoms with Gasteiger partial charge in [0.15, 0.2) is 24.1 Å². The molecule has 6 nitrogen and oxygen atoms in total. The van der Waals surface area contributed by atoms with Gasteiger partial charge in [0, 0.05) is 0 Å². The summed E-state index contributed by atoms with van der Waals surface area (Å²) in [5.74, 6) is -6.81. The van der Waals surface area contributed by atoms with Gasteiger partial charge in [-0.2, -0.15) is 0 Å². The molecule has 1 saturated carbocycles. The van der Waals surface area contributed by atoms with Crippen molar-refractivity contribution in [1.29, 1.82) is 0 Å². The molecule has 0 heterocycles. The molecule has 1 aliphatic carbocycles. The average molecular weight is 344 g/mol. The topological polar surface area (TPSA) is 84.5 Å². The van der Waals surface area contributed by atoms with E-state index in [1.54, 1.807) is 0 Å². The van der Waals surface area contributed by atoms with Gasteiger partial charge in [0.25, 0.3) is 5.91 Å². The zero-order chi connectivity index (χ0) is 17.7. The predicted octanol–water partition coefficient (Wildman–Crippen LogP) is 1.50. The van der Waals surface area contributed by atoms with Crippen LogP contribution in [0.15, 0.2) is 12.1 Å². The number of hydrogen-bond donors (Lipinski definition) is 2. The number of anilines is 1. The lowest BCUT2D eigenvalue weighted by molar-refractivity contribution is -0.155. The summed E-state index contributed by atoms with van der Waals surface area (Å²) in [5, 5.41) is 4.15. The van der Waals surface area contributed by atoms with E-state index in [1.165, 1.54) is 0 Å². The molecule has 0 saturated heterocycles. The molecule has 0 atom stereocenters. The standard InChI is InChI=1S/C15H15F3N2O4/c16-9-4-5-10(14(18)13(9)17)20-11(21)6-19-12(22)7-24-15(23)8-2-1-3-8/h4-5,8H,1-3,6-7H2,(H,19,22)(H,20,21). The van der Waals surface area contributed by atoms with Crippen LogP contribution in [0.25, 0.3) is 0 Å². The highest BCUT2D eigenvalue weighted by atomic mass is 19.2. The van der Waals surface area contributed by atoms with Crippen molar-refractivity contribution in [2.45, 2.75) is 19.3 Å². The molecule has 0 aliphatic heterocycles. The first-order valence-corrected chi connectivity index (χ1v) is 7.25. The van der Waals surface area contributed by atoms with Crippen LogP contribution in [0, 0.1) is 23.4 Å². The highest BCUT2D eigenvalue weighted by Crippen LogP contribution is 2.27. The van der Waals surface area contributed by atoms with Gasteiger partial charge in [0.1, 0.15) is 0 Å². The number of esters is 1. The number of nitrogens with one attached hydrogen (secondary N) is 2. The van der Waals surface area contributed by atoms with Crippen molar-refractivity contribution in [1.82, 2.24) is 5.32 Å². The SMILES string of the molecule is O=C(COC(=O)C1CCC1)NCC(=O)Nc1ccc(F)c(F)c1F. The Labute approximate surface area is 135 Å². The quantitative estimate of drug-likeness (QED) is 0.605. The Kier molecular flexibility index (Phi) is 5.78. The molecule has 0 bridgehead atoms. The maximum Gasteiger partial charge on any atom is 0.309 e. The van der Waals surface area contributed by atoms with Gasteiger partial charge in [-0.3, -0.25) is 14.4 Å². The van der Waals surface area contributed by atoms with Crippen molar-refractivity contribution >= 4 is 23.5 Å². The number of halogens is 3. The van der Waals surface area contributed by atoms with Gasteiger partial charge in [0.05, 0.1) is 18.2 Å². The molecule has 24 heavy (non-hydrogen) atoms. The zero-order valence-electron chi connectivity index (χ0n) is 12.5. The summed E-state index contributed by atoms with van der Waals surface area (Å²) in [6.07, 6.45) is 2.43. The molecule has 1 aromatic carbocycles. The number of benzene rings is 1. The number of carbonyl (C=O) groups excluding carboxylic acids is 3. The van der Waals surface area contributed by atoms with Crippen LogP contribution < -0.4 is 10.6 Å². The van der Waals surface area contributed by atoms with Crippen LogP contribution in [-0.2, 0) is 19.1 Å². The summed E-state index contributed by atoms with van der Waals surface area (Å²) in [6.45, 7) is -1.07. The molecular weight excluding hydrogens is 329 g/mol. The largest absolute Gasteiger partial charge is 0.455 e. The van der Waals surface area contributed by atoms with E-state index in [2.05, 4.69) is 5.32 Å². The van der Waals surface area contributed by atoms with Gasteiger partial charge in [0.2, 0.25) is 5.91 Å². The third-order valence-electron chi connectivity index (χ3n) is 3.54. The van der Waals surface area contributed by atoms with E-state index in [4.69, 9.17) is 4.74 Å². The molecule has 1 aromatic rings. The Morgan fingerprint density at radius 3 is 2.42 bits per heavy atom. The van der Waals surface area contributed by atoms with Crippen LogP contribution in [0.1, 0.15) is 19.3 Å². The minimum Gasteiger partial charge on any atom is -0.455 e. The maximum atomic E-state index is 13.4. The van der Waals surface area contributed by atoms with Gasteiger partial charge in [-0.15, -0.1) is 0 Å². The van der Waals surface area contributed by atoms with Crippen LogP contribution >= 0.6 is 0 Å². The second kappa shape index (κ2) is 7.80. The molecular formula is C15H15F3N2O4. The molecule has 1 fully saturated rings. The number of hydrogen-bond acceptors (Lipinski definition) is 4. The first-order valence-electron chi connectivity index (χ1n) is 7.25. The average Bonchev–Trinajstić information content (AvgIpc) is 2.50. The zero-order valence-corrected chi connectivity index (χ0v) is 12.5. The summed E-state index contributed by atoms with van der Waals surface area (Å²) < 4.78 is 43.9. The van der Waals surface area contributed by atoms with Crippen LogP contribution in [-0.4, -0.2) is 30.9 Å². The van der Waals surface area contributed by atoms with Crippen LogP contribution in [0.2, 0.25) is 0 Å². The number of amides is 2. The minimum atomic E-state index is -1.71. The van der Waals surface area contributed by atoms with Crippen molar-refractivity contribution in [2.24, 2.45) is 5.92 Å². The summed E-state index contributed by atoms with van der Waals surface area (Å²) in [4.78, 5) is 34.4. The Balaban J connectivity index is 1.73. The Morgan fingerprint density at radius 2 is 1.79 bits per heavy atom. The normalized spacial score (nSPS) is 13.8. The lowest BCUT2D eigenvalue weighted by Gasteiger charge is -2.22. The first kappa shape index (κ1) is 17.8. The van der Waals surface area contributed by atoms with E-state index in [0.717, 1.165) is 25.3 Å². The lowest BCUT2D eigenvalue weighted by Crippen LogP contribution is -2.36. The summed E-state index contributed by atoms with van der Waals surface area (Å²) in [6, 6.07) is 1.51. The number of ether oxygens (including phenoxy) is 1. The number of rotatable bonds is 6. The molecule has 2 rings (SSSR count). The molecule has 0 aromatic heterocycles. The first-order chi connectivity index (χ1) is 11.4. The van der Waals surface area contributed by atoms with Gasteiger partial charge >= 0.3 is 5.97 Å². The minimum absolute atomic E-state index is 0.169. The van der Waals surface area contributed by atoms with Crippen molar-refractivity contribution < 1.29 is 32.3 Å². The van der Waals surface area contributed by atoms with E-state index >= 15 is 0 Å². The van der Waals surface area contributed by atoms with Gasteiger partial charge < -0.3 is 15.4 Å². The Hall–Kier alpha value is -2.58. The van der Waals surface area contributed by atoms with Gasteiger partial charge in [-0.1, -0.05) is 6.42 Å². The highest BCUT2D eigenvalue weighted by Gasteiger charge is 2.27. The molecule has 130 valence electrons. The Morgan fingerprint density at radius 1 is 1.08 bits per heavy atom. The van der Waals surface area contributed by atoms with Crippen molar-refractivity contribution in [3.05, 3.63) is 29.6 Å². The van der Waals surface area contributed by atoms with Gasteiger partial charge in [-0.25, -0.2) is 13.2 Å². The molecule has 2 N–H and O–H groups in total. The van der Waals surface area contributed by atoms with Crippen molar-refractivity contribution in [3.8, 4) is 0 Å². The Bertz CT molecular complexity index is 662. The second-order valence-electron chi connectivity index (χ2n) is 5.28. The van der Waals surface area contributed by atoms with Crippen LogP contribution in [0.5, 0.6) is 0 Å². The number of carbonyl (C=O) groups is 3. The van der Waals surface area contributed by atoms with Gasteiger partial charge in [-0.05, 0) is 25.0 Å². The van der Waals surface area contributed by atoms with Crippen LogP contribution in [0.4, 0.5) is 18.9 Å². The smallest absolute Gasteiger partial charge is 0.309 e. The van der Waals surface area contributed by atoms with E-state index in [0.29, 0.717) is 6.07 Å². The van der Waals surface area contributed by atoms with Crippen LogP contribution in [0.3, 0.4) is 0 Å². The third kappa shape index (κ3) is 4.46. The fourth-order valence-electron chi connectivity index (χ4n) is 1.95. The fraction of sp³-hybridized carbons (Fsp3) is 0.400. The monoisotopic (exact) mass is 344 g/mol. The summed E-state index contributed by atoms with van der Waals surface area (Å²) in [5.41, 5.74) is -0.551. The maximum absolute atomic E-state index is 13.4. The van der Waals surface area contributed by atoms with E-state index in [-0.39, 0.29) is 5.92 Å². The molecule has 0 radical (unpaired) electrons. The second-order valence-corrected chi connectivity index (χ2v) is 5.28. The molecule has 2 amide bonds. The molecule has 0 unspecified atom stereocenters. The van der Waals surface area contributed by atoms with E-state index in [1.807, 2.05) is 5.32 Å². The molecule has 1 aliphatic rings. The van der Waals surface area contributed by atoms with Crippen molar-refractivity contribution in [3.63, 3.8) is 0 Å². The fourth-order valence-corrected chi connectivity index (χ4v) is 1.95. The highest BCUT2D eigenvalue weighted by molar-refractivity contribution is 5.95. The predicted molar refractivity (Wildman–Crippen MR) is 76.3 cm³/mol. The third-order valence-corrected chi connectivity index (χ3v) is 3.54. The lowest BCUT2D eigenvalue weighted by atomic mass is 9.86. The van der Waals surface area contributed by atoms with E-state index in [9.17, 15) is 27.6 Å².